The molecule has 0 amide bonds. The number of aromatic amines is 1. The first-order chi connectivity index (χ1) is 8.69. The molecule has 0 unspecified atom stereocenters. The van der Waals surface area contributed by atoms with E-state index >= 15 is 0 Å². The molecule has 18 heavy (non-hydrogen) atoms. The second-order valence-electron chi connectivity index (χ2n) is 3.39. The van der Waals surface area contributed by atoms with E-state index in [-0.39, 0.29) is 5.97 Å². The van der Waals surface area contributed by atoms with Crippen LogP contribution in [0.3, 0.4) is 0 Å². The predicted molar refractivity (Wildman–Crippen MR) is 77.7 cm³/mol. The van der Waals surface area contributed by atoms with Gasteiger partial charge in [0, 0.05) is 6.08 Å². The zero-order chi connectivity index (χ0) is 13.0. The van der Waals surface area contributed by atoms with Gasteiger partial charge in [-0.3, -0.25) is 0 Å². The lowest BCUT2D eigenvalue weighted by atomic mass is 10.3. The summed E-state index contributed by atoms with van der Waals surface area (Å²) >= 11 is 8.18. The molecule has 2 aromatic heterocycles. The largest absolute Gasteiger partial charge is 0.463 e. The Morgan fingerprint density at radius 2 is 2.44 bits per heavy atom. The Balaban J connectivity index is 2.50. The molecule has 0 bridgehead atoms. The Morgan fingerprint density at radius 3 is 3.11 bits per heavy atom. The van der Waals surface area contributed by atoms with Crippen LogP contribution >= 0.6 is 34.9 Å². The second-order valence-corrected chi connectivity index (χ2v) is 5.89. The smallest absolute Gasteiger partial charge is 0.332 e. The predicted octanol–water partition coefficient (Wildman–Crippen LogP) is 2.04. The Hall–Kier alpha value is -1.24. The van der Waals surface area contributed by atoms with Crippen LogP contribution in [0.25, 0.3) is 12.2 Å². The van der Waals surface area contributed by atoms with Gasteiger partial charge in [-0.15, -0.1) is 11.3 Å². The highest BCUT2D eigenvalue weighted by Crippen LogP contribution is 2.06. The molecule has 2 rings (SSSR count). The van der Waals surface area contributed by atoms with Crippen molar-refractivity contribution < 1.29 is 9.53 Å². The SMILES string of the molecule is CCOC(=O)/C=c1\[nH]c(=S)s\c1=C/c1ccsc1. The van der Waals surface area contributed by atoms with Gasteiger partial charge in [-0.25, -0.2) is 4.79 Å². The monoisotopic (exact) mass is 297 g/mol. The molecule has 3 nitrogen and oxygen atoms in total. The van der Waals surface area contributed by atoms with Crippen molar-refractivity contribution in [1.29, 1.82) is 0 Å². The second kappa shape index (κ2) is 6.08. The molecule has 0 aliphatic heterocycles. The number of thiophene rings is 1. The van der Waals surface area contributed by atoms with Gasteiger partial charge in [0.15, 0.2) is 3.95 Å². The van der Waals surface area contributed by atoms with E-state index in [1.165, 1.54) is 17.4 Å². The van der Waals surface area contributed by atoms with Gasteiger partial charge in [-0.2, -0.15) is 11.3 Å². The summed E-state index contributed by atoms with van der Waals surface area (Å²) in [6.45, 7) is 2.14. The lowest BCUT2D eigenvalue weighted by Crippen LogP contribution is -2.23. The molecule has 6 heteroatoms. The zero-order valence-electron chi connectivity index (χ0n) is 9.64. The maximum Gasteiger partial charge on any atom is 0.332 e. The summed E-state index contributed by atoms with van der Waals surface area (Å²) in [5, 5.41) is 4.75. The van der Waals surface area contributed by atoms with Crippen LogP contribution in [0.5, 0.6) is 0 Å². The molecule has 0 atom stereocenters. The van der Waals surface area contributed by atoms with Gasteiger partial charge in [-0.1, -0.05) is 0 Å². The number of H-pyrrole nitrogens is 1. The molecule has 2 aromatic rings. The molecule has 0 aliphatic carbocycles. The van der Waals surface area contributed by atoms with E-state index in [4.69, 9.17) is 17.0 Å². The van der Waals surface area contributed by atoms with Crippen molar-refractivity contribution in [2.24, 2.45) is 0 Å². The van der Waals surface area contributed by atoms with Crippen molar-refractivity contribution >= 4 is 53.0 Å². The van der Waals surface area contributed by atoms with Crippen LogP contribution in [0.2, 0.25) is 0 Å². The minimum atomic E-state index is -0.360. The number of hydrogen-bond donors (Lipinski definition) is 1. The van der Waals surface area contributed by atoms with Crippen molar-refractivity contribution in [3.8, 4) is 0 Å². The first-order valence-electron chi connectivity index (χ1n) is 5.30. The van der Waals surface area contributed by atoms with Crippen molar-refractivity contribution in [3.63, 3.8) is 0 Å². The molecule has 0 spiro atoms. The van der Waals surface area contributed by atoms with Gasteiger partial charge in [0.25, 0.3) is 0 Å². The van der Waals surface area contributed by atoms with E-state index in [0.29, 0.717) is 15.9 Å². The van der Waals surface area contributed by atoms with Gasteiger partial charge in [0.2, 0.25) is 0 Å². The first-order valence-corrected chi connectivity index (χ1v) is 7.47. The van der Waals surface area contributed by atoms with E-state index < -0.39 is 0 Å². The Kier molecular flexibility index (Phi) is 4.46. The number of esters is 1. The topological polar surface area (TPSA) is 42.1 Å². The average Bonchev–Trinajstić information content (AvgIpc) is 2.90. The summed E-state index contributed by atoms with van der Waals surface area (Å²) < 4.78 is 6.47. The average molecular weight is 297 g/mol. The highest BCUT2D eigenvalue weighted by molar-refractivity contribution is 7.73. The van der Waals surface area contributed by atoms with Gasteiger partial charge < -0.3 is 9.72 Å². The highest BCUT2D eigenvalue weighted by atomic mass is 32.1. The molecule has 0 fully saturated rings. The van der Waals surface area contributed by atoms with Crippen molar-refractivity contribution in [2.75, 3.05) is 6.61 Å². The molecule has 0 aliphatic rings. The minimum absolute atomic E-state index is 0.360. The standard InChI is InChI=1S/C12H11NO2S3/c1-2-15-11(14)6-9-10(18-12(16)13-9)5-8-3-4-17-7-8/h3-7H,2H2,1H3,(H,13,16)/b9-6-,10-5-. The number of nitrogens with one attached hydrogen (secondary N) is 1. The lowest BCUT2D eigenvalue weighted by molar-refractivity contribution is -0.135. The van der Waals surface area contributed by atoms with E-state index in [1.54, 1.807) is 18.3 Å². The molecular formula is C12H11NO2S3. The Labute approximate surface area is 117 Å². The fraction of sp³-hybridized carbons (Fsp3) is 0.167. The zero-order valence-corrected chi connectivity index (χ0v) is 12.1. The quantitative estimate of drug-likeness (QED) is 0.696. The van der Waals surface area contributed by atoms with Crippen LogP contribution in [-0.2, 0) is 9.53 Å². The highest BCUT2D eigenvalue weighted by Gasteiger charge is 1.98. The molecule has 0 saturated heterocycles. The first kappa shape index (κ1) is 13.2. The van der Waals surface area contributed by atoms with E-state index in [1.807, 2.05) is 22.9 Å². The number of aromatic nitrogens is 1. The maximum atomic E-state index is 11.4. The third-order valence-corrected chi connectivity index (χ3v) is 3.99. The van der Waals surface area contributed by atoms with Crippen molar-refractivity contribution in [2.45, 2.75) is 6.92 Å². The number of hydrogen-bond acceptors (Lipinski definition) is 5. The fourth-order valence-electron chi connectivity index (χ4n) is 1.38. The summed E-state index contributed by atoms with van der Waals surface area (Å²) in [5.74, 6) is -0.360. The van der Waals surface area contributed by atoms with E-state index in [2.05, 4.69) is 4.98 Å². The lowest BCUT2D eigenvalue weighted by Gasteiger charge is -1.92. The number of carbonyl (C=O) groups excluding carboxylic acids is 1. The third kappa shape index (κ3) is 3.38. The van der Waals surface area contributed by atoms with Gasteiger partial charge in [-0.05, 0) is 47.6 Å². The number of ether oxygens (including phenoxy) is 1. The number of rotatable bonds is 3. The molecule has 0 aromatic carbocycles. The Morgan fingerprint density at radius 1 is 1.61 bits per heavy atom. The third-order valence-electron chi connectivity index (χ3n) is 2.09. The maximum absolute atomic E-state index is 11.4. The summed E-state index contributed by atoms with van der Waals surface area (Å²) in [6.07, 6.45) is 3.44. The molecular weight excluding hydrogens is 286 g/mol. The van der Waals surface area contributed by atoms with Crippen molar-refractivity contribution in [1.82, 2.24) is 4.98 Å². The molecule has 0 saturated carbocycles. The van der Waals surface area contributed by atoms with Crippen LogP contribution in [0.4, 0.5) is 0 Å². The summed E-state index contributed by atoms with van der Waals surface area (Å²) in [6, 6.07) is 2.02. The van der Waals surface area contributed by atoms with Crippen LogP contribution in [-0.4, -0.2) is 17.6 Å². The van der Waals surface area contributed by atoms with Crippen LogP contribution in [0.15, 0.2) is 16.8 Å². The number of thiazole rings is 1. The molecule has 1 N–H and O–H groups in total. The van der Waals surface area contributed by atoms with Crippen LogP contribution in [0, 0.1) is 3.95 Å². The molecule has 0 radical (unpaired) electrons. The normalized spacial score (nSPS) is 12.9. The Bertz CT molecular complexity index is 695. The number of carbonyl (C=O) groups is 1. The van der Waals surface area contributed by atoms with E-state index in [0.717, 1.165) is 10.1 Å². The minimum Gasteiger partial charge on any atom is -0.463 e. The summed E-state index contributed by atoms with van der Waals surface area (Å²) in [5.41, 5.74) is 1.10. The summed E-state index contributed by atoms with van der Waals surface area (Å²) in [4.78, 5) is 14.4. The molecule has 2 heterocycles. The van der Waals surface area contributed by atoms with Crippen LogP contribution < -0.4 is 9.88 Å². The molecule has 94 valence electrons. The van der Waals surface area contributed by atoms with Crippen molar-refractivity contribution in [3.05, 3.63) is 36.2 Å². The van der Waals surface area contributed by atoms with Gasteiger partial charge in [0.1, 0.15) is 0 Å². The van der Waals surface area contributed by atoms with Gasteiger partial charge >= 0.3 is 5.97 Å². The van der Waals surface area contributed by atoms with Crippen LogP contribution in [0.1, 0.15) is 12.5 Å². The van der Waals surface area contributed by atoms with Gasteiger partial charge in [0.05, 0.1) is 16.5 Å². The fourth-order valence-corrected chi connectivity index (χ4v) is 3.15. The van der Waals surface area contributed by atoms with E-state index in [9.17, 15) is 4.79 Å². The summed E-state index contributed by atoms with van der Waals surface area (Å²) in [7, 11) is 0.